The number of anilines is 1. The summed E-state index contributed by atoms with van der Waals surface area (Å²) in [5, 5.41) is 18.3. The third kappa shape index (κ3) is 1.87. The van der Waals surface area contributed by atoms with Gasteiger partial charge in [0.05, 0.1) is 6.61 Å². The van der Waals surface area contributed by atoms with E-state index in [0.29, 0.717) is 5.01 Å². The quantitative estimate of drug-likeness (QED) is 0.712. The molecule has 0 spiro atoms. The second-order valence-corrected chi connectivity index (χ2v) is 3.88. The first-order valence-electron chi connectivity index (χ1n) is 4.23. The standard InChI is InChI=1S/C8H11N3OS/c12-6-7-9-10-8(13-7)11-4-2-1-3-5-11/h1-2,12H,3-6H2. The predicted molar refractivity (Wildman–Crippen MR) is 51.8 cm³/mol. The van der Waals surface area contributed by atoms with Crippen LogP contribution in [0.25, 0.3) is 0 Å². The lowest BCUT2D eigenvalue weighted by atomic mass is 10.3. The average Bonchev–Trinajstić information content (AvgIpc) is 2.67. The van der Waals surface area contributed by atoms with Crippen LogP contribution in [0, 0.1) is 0 Å². The zero-order valence-electron chi connectivity index (χ0n) is 7.18. The van der Waals surface area contributed by atoms with E-state index in [4.69, 9.17) is 5.11 Å². The van der Waals surface area contributed by atoms with Crippen LogP contribution in [0.2, 0.25) is 0 Å². The molecule has 2 heterocycles. The molecule has 0 radical (unpaired) electrons. The molecule has 5 heteroatoms. The van der Waals surface area contributed by atoms with Crippen molar-refractivity contribution < 1.29 is 5.11 Å². The molecule has 4 nitrogen and oxygen atoms in total. The number of rotatable bonds is 2. The first-order valence-corrected chi connectivity index (χ1v) is 5.05. The third-order valence-electron chi connectivity index (χ3n) is 1.92. The predicted octanol–water partition coefficient (Wildman–Crippen LogP) is 0.797. The molecular formula is C8H11N3OS. The fourth-order valence-electron chi connectivity index (χ4n) is 1.25. The Kier molecular flexibility index (Phi) is 2.56. The molecule has 0 bridgehead atoms. The summed E-state index contributed by atoms with van der Waals surface area (Å²) in [5.74, 6) is 0. The molecule has 1 aliphatic rings. The molecule has 70 valence electrons. The summed E-state index contributed by atoms with van der Waals surface area (Å²) in [6, 6.07) is 0. The molecule has 0 atom stereocenters. The van der Waals surface area contributed by atoms with Crippen LogP contribution >= 0.6 is 11.3 Å². The summed E-state index contributed by atoms with van der Waals surface area (Å²) in [6.45, 7) is 1.89. The van der Waals surface area contributed by atoms with Crippen LogP contribution in [-0.2, 0) is 6.61 Å². The second kappa shape index (κ2) is 3.85. The van der Waals surface area contributed by atoms with Crippen molar-refractivity contribution in [3.8, 4) is 0 Å². The molecule has 2 rings (SSSR count). The Labute approximate surface area is 80.5 Å². The maximum Gasteiger partial charge on any atom is 0.208 e. The van der Waals surface area contributed by atoms with Crippen LogP contribution in [0.15, 0.2) is 12.2 Å². The number of aromatic nitrogens is 2. The Hall–Kier alpha value is -0.940. The Balaban J connectivity index is 2.10. The fourth-order valence-corrected chi connectivity index (χ4v) is 1.98. The number of hydrogen-bond acceptors (Lipinski definition) is 5. The topological polar surface area (TPSA) is 49.3 Å². The van der Waals surface area contributed by atoms with E-state index in [1.165, 1.54) is 11.3 Å². The molecule has 0 fully saturated rings. The van der Waals surface area contributed by atoms with Crippen LogP contribution in [-0.4, -0.2) is 28.4 Å². The maximum absolute atomic E-state index is 8.82. The smallest absolute Gasteiger partial charge is 0.208 e. The van der Waals surface area contributed by atoms with Crippen molar-refractivity contribution in [2.45, 2.75) is 13.0 Å². The summed E-state index contributed by atoms with van der Waals surface area (Å²) in [6.07, 6.45) is 5.36. The van der Waals surface area contributed by atoms with Gasteiger partial charge >= 0.3 is 0 Å². The van der Waals surface area contributed by atoms with Crippen molar-refractivity contribution in [1.29, 1.82) is 0 Å². The van der Waals surface area contributed by atoms with Crippen molar-refractivity contribution in [3.05, 3.63) is 17.2 Å². The van der Waals surface area contributed by atoms with Crippen LogP contribution in [0.5, 0.6) is 0 Å². The van der Waals surface area contributed by atoms with Gasteiger partial charge in [-0.2, -0.15) is 0 Å². The second-order valence-electron chi connectivity index (χ2n) is 2.84. The van der Waals surface area contributed by atoms with Gasteiger partial charge in [0.15, 0.2) is 0 Å². The molecule has 0 saturated heterocycles. The van der Waals surface area contributed by atoms with E-state index in [2.05, 4.69) is 27.2 Å². The lowest BCUT2D eigenvalue weighted by molar-refractivity contribution is 0.280. The maximum atomic E-state index is 8.82. The van der Waals surface area contributed by atoms with Crippen LogP contribution in [0.4, 0.5) is 5.13 Å². The van der Waals surface area contributed by atoms with E-state index in [1.807, 2.05) is 0 Å². The lowest BCUT2D eigenvalue weighted by Gasteiger charge is -2.21. The van der Waals surface area contributed by atoms with Crippen LogP contribution in [0.3, 0.4) is 0 Å². The highest BCUT2D eigenvalue weighted by atomic mass is 32.1. The minimum absolute atomic E-state index is 0.0126. The molecular weight excluding hydrogens is 186 g/mol. The fraction of sp³-hybridized carbons (Fsp3) is 0.500. The Morgan fingerprint density at radius 2 is 2.38 bits per heavy atom. The Morgan fingerprint density at radius 3 is 3.00 bits per heavy atom. The molecule has 1 N–H and O–H groups in total. The van der Waals surface area contributed by atoms with Crippen molar-refractivity contribution in [2.75, 3.05) is 18.0 Å². The highest BCUT2D eigenvalue weighted by molar-refractivity contribution is 7.15. The normalized spacial score (nSPS) is 16.5. The van der Waals surface area contributed by atoms with E-state index in [-0.39, 0.29) is 6.61 Å². The van der Waals surface area contributed by atoms with Crippen LogP contribution in [0.1, 0.15) is 11.4 Å². The summed E-state index contributed by atoms with van der Waals surface area (Å²) in [7, 11) is 0. The molecule has 13 heavy (non-hydrogen) atoms. The highest BCUT2D eigenvalue weighted by Gasteiger charge is 2.12. The number of aliphatic hydroxyl groups excluding tert-OH is 1. The molecule has 1 aromatic rings. The third-order valence-corrected chi connectivity index (χ3v) is 2.89. The molecule has 0 unspecified atom stereocenters. The number of aliphatic hydroxyl groups is 1. The summed E-state index contributed by atoms with van der Waals surface area (Å²) in [5.41, 5.74) is 0. The van der Waals surface area contributed by atoms with Gasteiger partial charge in [-0.25, -0.2) is 0 Å². The first-order chi connectivity index (χ1) is 6.40. The van der Waals surface area contributed by atoms with Gasteiger partial charge in [-0.15, -0.1) is 10.2 Å². The van der Waals surface area contributed by atoms with Crippen LogP contribution < -0.4 is 4.90 Å². The highest BCUT2D eigenvalue weighted by Crippen LogP contribution is 2.21. The Bertz CT molecular complexity index is 310. The molecule has 0 aromatic carbocycles. The largest absolute Gasteiger partial charge is 0.389 e. The molecule has 1 aromatic heterocycles. The van der Waals surface area contributed by atoms with Crippen molar-refractivity contribution in [2.24, 2.45) is 0 Å². The molecule has 0 amide bonds. The molecule has 0 aliphatic carbocycles. The first kappa shape index (κ1) is 8.65. The van der Waals surface area contributed by atoms with Crippen molar-refractivity contribution >= 4 is 16.5 Å². The van der Waals surface area contributed by atoms with Crippen molar-refractivity contribution in [1.82, 2.24) is 10.2 Å². The van der Waals surface area contributed by atoms with Gasteiger partial charge < -0.3 is 10.0 Å². The van der Waals surface area contributed by atoms with Gasteiger partial charge in [0.2, 0.25) is 5.13 Å². The zero-order chi connectivity index (χ0) is 9.10. The Morgan fingerprint density at radius 1 is 1.46 bits per heavy atom. The minimum Gasteiger partial charge on any atom is -0.389 e. The van der Waals surface area contributed by atoms with E-state index in [9.17, 15) is 0 Å². The average molecular weight is 197 g/mol. The van der Waals surface area contributed by atoms with Gasteiger partial charge in [0.1, 0.15) is 5.01 Å². The van der Waals surface area contributed by atoms with Crippen molar-refractivity contribution in [3.63, 3.8) is 0 Å². The van der Waals surface area contributed by atoms with E-state index in [1.54, 1.807) is 0 Å². The van der Waals surface area contributed by atoms with Gasteiger partial charge in [-0.1, -0.05) is 23.5 Å². The van der Waals surface area contributed by atoms with E-state index >= 15 is 0 Å². The summed E-state index contributed by atoms with van der Waals surface area (Å²) < 4.78 is 0. The zero-order valence-corrected chi connectivity index (χ0v) is 8.00. The summed E-state index contributed by atoms with van der Waals surface area (Å²) in [4.78, 5) is 2.16. The van der Waals surface area contributed by atoms with Gasteiger partial charge in [0, 0.05) is 13.1 Å². The van der Waals surface area contributed by atoms with Gasteiger partial charge in [0.25, 0.3) is 0 Å². The van der Waals surface area contributed by atoms with E-state index in [0.717, 1.165) is 24.6 Å². The monoisotopic (exact) mass is 197 g/mol. The molecule has 0 saturated carbocycles. The summed E-state index contributed by atoms with van der Waals surface area (Å²) >= 11 is 1.46. The van der Waals surface area contributed by atoms with Gasteiger partial charge in [-0.05, 0) is 6.42 Å². The number of nitrogens with zero attached hydrogens (tertiary/aromatic N) is 3. The van der Waals surface area contributed by atoms with E-state index < -0.39 is 0 Å². The minimum atomic E-state index is -0.0126. The van der Waals surface area contributed by atoms with Gasteiger partial charge in [-0.3, -0.25) is 0 Å². The SMILES string of the molecule is OCc1nnc(N2CC=CCC2)s1. The molecule has 1 aliphatic heterocycles. The number of hydrogen-bond donors (Lipinski definition) is 1. The lowest BCUT2D eigenvalue weighted by Crippen LogP contribution is -2.26.